The molecule has 2 nitrogen and oxygen atoms in total. The van der Waals surface area contributed by atoms with Crippen LogP contribution in [0, 0.1) is 0 Å². The van der Waals surface area contributed by atoms with Gasteiger partial charge in [0.25, 0.3) is 0 Å². The first-order chi connectivity index (χ1) is 7.11. The Morgan fingerprint density at radius 2 is 1.67 bits per heavy atom. The number of ketones is 2. The number of hydrogen-bond donors (Lipinski definition) is 0. The Bertz CT molecular complexity index is 314. The molecule has 1 rings (SSSR count). The van der Waals surface area contributed by atoms with Gasteiger partial charge < -0.3 is 0 Å². The van der Waals surface area contributed by atoms with Gasteiger partial charge >= 0.3 is 7.83 Å². The first-order valence-corrected chi connectivity index (χ1v) is 4.21. The lowest BCUT2D eigenvalue weighted by Crippen LogP contribution is -2.04. The average Bonchev–Trinajstić information content (AvgIpc) is 2.19. The molecule has 0 aliphatic heterocycles. The Kier molecular flexibility index (Phi) is 7.06. The summed E-state index contributed by atoms with van der Waals surface area (Å²) >= 11 is 0. The van der Waals surface area contributed by atoms with E-state index < -0.39 is 7.83 Å². The Morgan fingerprint density at radius 1 is 1.20 bits per heavy atom. The van der Waals surface area contributed by atoms with Crippen molar-refractivity contribution in [3.8, 4) is 0 Å². The third-order valence-electron chi connectivity index (χ3n) is 1.51. The third kappa shape index (κ3) is 6.54. The van der Waals surface area contributed by atoms with E-state index in [1.165, 1.54) is 6.92 Å². The van der Waals surface area contributed by atoms with Crippen molar-refractivity contribution in [1.82, 2.24) is 0 Å². The van der Waals surface area contributed by atoms with Gasteiger partial charge in [0, 0.05) is 5.56 Å². The number of Topliss-reactive ketones (excluding diaryl/α,β-unsaturated/α-hetero) is 2. The highest BCUT2D eigenvalue weighted by molar-refractivity contribution is 6.15. The van der Waals surface area contributed by atoms with Crippen molar-refractivity contribution in [3.63, 3.8) is 0 Å². The van der Waals surface area contributed by atoms with Crippen LogP contribution in [-0.2, 0) is 4.79 Å². The van der Waals surface area contributed by atoms with Crippen LogP contribution in [0.1, 0.15) is 23.7 Å². The van der Waals surface area contributed by atoms with E-state index in [4.69, 9.17) is 0 Å². The summed E-state index contributed by atoms with van der Waals surface area (Å²) in [6, 6.07) is 8.84. The van der Waals surface area contributed by atoms with Crippen LogP contribution < -0.4 is 0 Å². The van der Waals surface area contributed by atoms with E-state index in [1.807, 2.05) is 6.07 Å². The zero-order valence-electron chi connectivity index (χ0n) is 8.24. The lowest BCUT2D eigenvalue weighted by atomic mass is 10.1. The van der Waals surface area contributed by atoms with Crippen molar-refractivity contribution in [2.75, 3.05) is 0 Å². The van der Waals surface area contributed by atoms with Crippen molar-refractivity contribution in [2.24, 2.45) is 0 Å². The quantitative estimate of drug-likeness (QED) is 0.436. The zero-order chi connectivity index (χ0) is 11.7. The van der Waals surface area contributed by atoms with Crippen LogP contribution in [-0.4, -0.2) is 19.4 Å². The molecule has 79 valence electrons. The molecule has 0 aliphatic carbocycles. The molecule has 0 bridgehead atoms. The topological polar surface area (TPSA) is 34.1 Å². The lowest BCUT2D eigenvalue weighted by molar-refractivity contribution is -0.116. The molecule has 0 unspecified atom stereocenters. The summed E-state index contributed by atoms with van der Waals surface area (Å²) in [7, 11) is -1.00. The molecule has 1 radical (unpaired) electrons. The van der Waals surface area contributed by atoms with E-state index in [1.54, 1.807) is 24.3 Å². The van der Waals surface area contributed by atoms with Gasteiger partial charge in [-0.15, -0.1) is 0 Å². The van der Waals surface area contributed by atoms with Crippen LogP contribution >= 0.6 is 0 Å². The lowest BCUT2D eigenvalue weighted by Gasteiger charge is -1.95. The van der Waals surface area contributed by atoms with Gasteiger partial charge in [-0.1, -0.05) is 30.3 Å². The zero-order valence-corrected chi connectivity index (χ0v) is 8.24. The second-order valence-electron chi connectivity index (χ2n) is 2.75. The average molecular weight is 211 g/mol. The van der Waals surface area contributed by atoms with Crippen LogP contribution in [0.2, 0.25) is 0 Å². The van der Waals surface area contributed by atoms with Gasteiger partial charge in [0.2, 0.25) is 0 Å². The fourth-order valence-electron chi connectivity index (χ4n) is 0.952. The molecule has 15 heavy (non-hydrogen) atoms. The summed E-state index contributed by atoms with van der Waals surface area (Å²) in [5.41, 5.74) is 0.604. The van der Waals surface area contributed by atoms with Gasteiger partial charge in [-0.3, -0.25) is 18.2 Å². The summed E-state index contributed by atoms with van der Waals surface area (Å²) in [6.07, 6.45) is 0.00398. The Labute approximate surface area is 87.6 Å². The van der Waals surface area contributed by atoms with Crippen LogP contribution in [0.25, 0.3) is 0 Å². The molecule has 0 atom stereocenters. The molecular formula is C10H10BF2O2. The van der Waals surface area contributed by atoms with Crippen LogP contribution in [0.3, 0.4) is 0 Å². The van der Waals surface area contributed by atoms with Crippen molar-refractivity contribution in [3.05, 3.63) is 35.9 Å². The van der Waals surface area contributed by atoms with Gasteiger partial charge in [0.1, 0.15) is 5.78 Å². The largest absolute Gasteiger partial charge is 0.577 e. The fourth-order valence-corrected chi connectivity index (χ4v) is 0.952. The fraction of sp³-hybridized carbons (Fsp3) is 0.200. The molecule has 0 aliphatic rings. The smallest absolute Gasteiger partial charge is 0.300 e. The highest BCUT2D eigenvalue weighted by Crippen LogP contribution is 2.02. The molecule has 0 amide bonds. The molecule has 0 saturated carbocycles. The van der Waals surface area contributed by atoms with Gasteiger partial charge in [0.05, 0.1) is 6.42 Å². The predicted octanol–water partition coefficient (Wildman–Crippen LogP) is 2.31. The van der Waals surface area contributed by atoms with Crippen LogP contribution in [0.5, 0.6) is 0 Å². The molecule has 0 saturated heterocycles. The molecule has 0 N–H and O–H groups in total. The normalized spacial score (nSPS) is 8.47. The molecule has 0 fully saturated rings. The minimum absolute atomic E-state index is 0.00398. The van der Waals surface area contributed by atoms with E-state index in [0.29, 0.717) is 5.56 Å². The predicted molar refractivity (Wildman–Crippen MR) is 54.0 cm³/mol. The number of carbonyl (C=O) groups excluding carboxylic acids is 2. The summed E-state index contributed by atoms with van der Waals surface area (Å²) in [5, 5.41) is 0. The van der Waals surface area contributed by atoms with Crippen molar-refractivity contribution in [1.29, 1.82) is 0 Å². The van der Waals surface area contributed by atoms with E-state index >= 15 is 0 Å². The van der Waals surface area contributed by atoms with Crippen molar-refractivity contribution < 1.29 is 18.2 Å². The highest BCUT2D eigenvalue weighted by atomic mass is 19.2. The van der Waals surface area contributed by atoms with E-state index in [2.05, 4.69) is 0 Å². The molecule has 0 heterocycles. The molecule has 1 aromatic rings. The summed E-state index contributed by atoms with van der Waals surface area (Å²) < 4.78 is 19.0. The molecule has 5 heteroatoms. The standard InChI is InChI=1S/C10H10O2.BF2/c1-8(11)7-10(12)9-5-3-2-4-6-9;2-1-3/h2-6H,7H2,1H3;. The van der Waals surface area contributed by atoms with E-state index in [-0.39, 0.29) is 18.0 Å². The highest BCUT2D eigenvalue weighted by Gasteiger charge is 2.06. The summed E-state index contributed by atoms with van der Waals surface area (Å²) in [5.74, 6) is -0.202. The second kappa shape index (κ2) is 7.85. The SMILES string of the molecule is CC(=O)CC(=O)c1ccccc1.F[B]F. The molecule has 1 aromatic carbocycles. The Balaban J connectivity index is 0.000000583. The van der Waals surface area contributed by atoms with Gasteiger partial charge in [0.15, 0.2) is 5.78 Å². The minimum atomic E-state index is -1.00. The molecular weight excluding hydrogens is 201 g/mol. The second-order valence-corrected chi connectivity index (χ2v) is 2.75. The third-order valence-corrected chi connectivity index (χ3v) is 1.51. The maximum atomic E-state index is 11.2. The Hall–Kier alpha value is -1.52. The van der Waals surface area contributed by atoms with E-state index in [0.717, 1.165) is 0 Å². The number of hydrogen-bond acceptors (Lipinski definition) is 2. The summed E-state index contributed by atoms with van der Waals surface area (Å²) in [6.45, 7) is 1.42. The maximum Gasteiger partial charge on any atom is 0.577 e. The number of benzene rings is 1. The number of halogens is 2. The van der Waals surface area contributed by atoms with Crippen LogP contribution in [0.4, 0.5) is 8.63 Å². The number of carbonyl (C=O) groups is 2. The van der Waals surface area contributed by atoms with Crippen LogP contribution in [0.15, 0.2) is 30.3 Å². The van der Waals surface area contributed by atoms with E-state index in [9.17, 15) is 18.2 Å². The maximum absolute atomic E-state index is 11.2. The Morgan fingerprint density at radius 3 is 2.07 bits per heavy atom. The molecule has 0 spiro atoms. The first-order valence-electron chi connectivity index (χ1n) is 4.21. The summed E-state index contributed by atoms with van der Waals surface area (Å²) in [4.78, 5) is 21.8. The monoisotopic (exact) mass is 211 g/mol. The number of rotatable bonds is 3. The van der Waals surface area contributed by atoms with Crippen molar-refractivity contribution >= 4 is 19.4 Å². The van der Waals surface area contributed by atoms with Gasteiger partial charge in [-0.05, 0) is 6.92 Å². The van der Waals surface area contributed by atoms with Gasteiger partial charge in [-0.2, -0.15) is 0 Å². The minimum Gasteiger partial charge on any atom is -0.300 e. The first kappa shape index (κ1) is 13.5. The molecule has 0 aromatic heterocycles. The van der Waals surface area contributed by atoms with Crippen molar-refractivity contribution in [2.45, 2.75) is 13.3 Å². The van der Waals surface area contributed by atoms with Gasteiger partial charge in [-0.25, -0.2) is 0 Å².